The van der Waals surface area contributed by atoms with E-state index < -0.39 is 0 Å². The lowest BCUT2D eigenvalue weighted by molar-refractivity contribution is -0.121. The molecular weight excluding hydrogens is 348 g/mol. The Morgan fingerprint density at radius 3 is 2.87 bits per heavy atom. The third kappa shape index (κ3) is 3.77. The van der Waals surface area contributed by atoms with Crippen LogP contribution in [0.5, 0.6) is 0 Å². The Bertz CT molecular complexity index is 817. The third-order valence-corrected chi connectivity index (χ3v) is 5.64. The molecule has 0 saturated carbocycles. The largest absolute Gasteiger partial charge is 0.349 e. The van der Waals surface area contributed by atoms with Crippen LogP contribution in [0.25, 0.3) is 10.7 Å². The van der Waals surface area contributed by atoms with Crippen molar-refractivity contribution in [3.8, 4) is 10.7 Å². The van der Waals surface area contributed by atoms with Crippen LogP contribution in [-0.2, 0) is 11.3 Å². The summed E-state index contributed by atoms with van der Waals surface area (Å²) in [5.74, 6) is 0.787. The zero-order valence-electron chi connectivity index (χ0n) is 12.5. The average Bonchev–Trinajstić information content (AvgIpc) is 3.27. The van der Waals surface area contributed by atoms with Gasteiger partial charge in [-0.1, -0.05) is 12.1 Å². The lowest BCUT2D eigenvalue weighted by Crippen LogP contribution is -2.27. The first-order chi connectivity index (χ1) is 11.1. The number of aromatic amines is 1. The number of nitrogens with zero attached hydrogens (tertiary/aromatic N) is 2. The van der Waals surface area contributed by atoms with E-state index in [9.17, 15) is 4.79 Å². The fraction of sp³-hybridized carbons (Fsp3) is 0.267. The van der Waals surface area contributed by atoms with Gasteiger partial charge in [-0.3, -0.25) is 14.5 Å². The van der Waals surface area contributed by atoms with Crippen LogP contribution < -0.4 is 5.32 Å². The Morgan fingerprint density at radius 1 is 1.39 bits per heavy atom. The number of carbonyl (C=O) groups is 1. The molecule has 0 aromatic carbocycles. The first-order valence-electron chi connectivity index (χ1n) is 7.17. The van der Waals surface area contributed by atoms with Crippen molar-refractivity contribution in [3.05, 3.63) is 44.7 Å². The Labute approximate surface area is 147 Å². The second kappa shape index (κ2) is 7.20. The van der Waals surface area contributed by atoms with Gasteiger partial charge in [-0.2, -0.15) is 5.10 Å². The van der Waals surface area contributed by atoms with Crippen molar-refractivity contribution in [1.29, 1.82) is 0 Å². The molecule has 0 aliphatic carbocycles. The fourth-order valence-electron chi connectivity index (χ4n) is 2.25. The second-order valence-corrected chi connectivity index (χ2v) is 7.35. The molecule has 2 N–H and O–H groups in total. The molecule has 0 saturated heterocycles. The molecule has 3 aromatic heterocycles. The summed E-state index contributed by atoms with van der Waals surface area (Å²) in [6.07, 6.45) is 0.363. The highest BCUT2D eigenvalue weighted by Gasteiger charge is 2.13. The summed E-state index contributed by atoms with van der Waals surface area (Å²) in [6, 6.07) is 8.00. The summed E-state index contributed by atoms with van der Waals surface area (Å²) >= 11 is 8.51. The molecule has 8 heteroatoms. The Balaban J connectivity index is 1.64. The Morgan fingerprint density at radius 2 is 2.17 bits per heavy atom. The van der Waals surface area contributed by atoms with Gasteiger partial charge >= 0.3 is 0 Å². The molecule has 0 aliphatic rings. The fourth-order valence-corrected chi connectivity index (χ4v) is 3.93. The number of amides is 1. The summed E-state index contributed by atoms with van der Waals surface area (Å²) in [6.45, 7) is 2.50. The molecule has 1 atom stereocenters. The predicted octanol–water partition coefficient (Wildman–Crippen LogP) is 4.00. The van der Waals surface area contributed by atoms with Crippen molar-refractivity contribution in [3.63, 3.8) is 0 Å². The molecule has 5 nitrogen and oxygen atoms in total. The molecule has 0 bridgehead atoms. The molecule has 0 radical (unpaired) electrons. The molecule has 23 heavy (non-hydrogen) atoms. The van der Waals surface area contributed by atoms with Crippen LogP contribution in [0.1, 0.15) is 24.3 Å². The van der Waals surface area contributed by atoms with Crippen LogP contribution in [0.3, 0.4) is 0 Å². The average molecular weight is 365 g/mol. The van der Waals surface area contributed by atoms with E-state index in [4.69, 9.17) is 12.2 Å². The molecule has 3 heterocycles. The highest BCUT2D eigenvalue weighted by atomic mass is 32.1. The quantitative estimate of drug-likeness (QED) is 0.650. The highest BCUT2D eigenvalue weighted by molar-refractivity contribution is 7.71. The summed E-state index contributed by atoms with van der Waals surface area (Å²) in [5, 5.41) is 14.1. The maximum Gasteiger partial charge on any atom is 0.222 e. The predicted molar refractivity (Wildman–Crippen MR) is 96.2 cm³/mol. The maximum absolute atomic E-state index is 12.2. The SMILES string of the molecule is CC(NC(=O)CCn1c(-c2cccs2)n[nH]c1=S)c1cccs1. The number of carbonyl (C=O) groups excluding carboxylic acids is 1. The number of thiophene rings is 2. The van der Waals surface area contributed by atoms with Gasteiger partial charge in [-0.05, 0) is 42.0 Å². The summed E-state index contributed by atoms with van der Waals surface area (Å²) in [5.41, 5.74) is 0. The topological polar surface area (TPSA) is 62.7 Å². The van der Waals surface area contributed by atoms with Gasteiger partial charge < -0.3 is 5.32 Å². The van der Waals surface area contributed by atoms with Crippen molar-refractivity contribution in [2.24, 2.45) is 0 Å². The van der Waals surface area contributed by atoms with Crippen LogP contribution in [0.15, 0.2) is 35.0 Å². The zero-order valence-corrected chi connectivity index (χ0v) is 14.9. The van der Waals surface area contributed by atoms with E-state index in [1.54, 1.807) is 22.7 Å². The van der Waals surface area contributed by atoms with Crippen molar-refractivity contribution >= 4 is 40.8 Å². The summed E-state index contributed by atoms with van der Waals surface area (Å²) < 4.78 is 2.41. The van der Waals surface area contributed by atoms with Gasteiger partial charge in [0.25, 0.3) is 0 Å². The highest BCUT2D eigenvalue weighted by Crippen LogP contribution is 2.23. The minimum atomic E-state index is 0.00568. The Kier molecular flexibility index (Phi) is 5.04. The minimum absolute atomic E-state index is 0.00568. The van der Waals surface area contributed by atoms with E-state index in [0.717, 1.165) is 15.6 Å². The lowest BCUT2D eigenvalue weighted by atomic mass is 10.2. The number of rotatable bonds is 6. The van der Waals surface area contributed by atoms with Gasteiger partial charge in [0.2, 0.25) is 5.91 Å². The lowest BCUT2D eigenvalue weighted by Gasteiger charge is -2.12. The number of hydrogen-bond donors (Lipinski definition) is 2. The second-order valence-electron chi connectivity index (χ2n) is 5.04. The maximum atomic E-state index is 12.2. The van der Waals surface area contributed by atoms with Crippen LogP contribution in [0, 0.1) is 4.77 Å². The monoisotopic (exact) mass is 364 g/mol. The number of aromatic nitrogens is 3. The van der Waals surface area contributed by atoms with Crippen molar-refractivity contribution in [2.75, 3.05) is 0 Å². The van der Waals surface area contributed by atoms with Crippen LogP contribution in [0.4, 0.5) is 0 Å². The first kappa shape index (κ1) is 16.1. The van der Waals surface area contributed by atoms with E-state index in [1.165, 1.54) is 0 Å². The molecule has 120 valence electrons. The van der Waals surface area contributed by atoms with Crippen LogP contribution in [-0.4, -0.2) is 20.7 Å². The van der Waals surface area contributed by atoms with E-state index in [1.807, 2.05) is 46.5 Å². The van der Waals surface area contributed by atoms with Crippen LogP contribution >= 0.6 is 34.9 Å². The molecular formula is C15H16N4OS3. The van der Waals surface area contributed by atoms with E-state index in [-0.39, 0.29) is 11.9 Å². The van der Waals surface area contributed by atoms with Gasteiger partial charge in [0.15, 0.2) is 10.6 Å². The summed E-state index contributed by atoms with van der Waals surface area (Å²) in [4.78, 5) is 14.4. The molecule has 3 aromatic rings. The van der Waals surface area contributed by atoms with Gasteiger partial charge in [0, 0.05) is 17.8 Å². The third-order valence-electron chi connectivity index (χ3n) is 3.41. The molecule has 1 amide bonds. The standard InChI is InChI=1S/C15H16N4OS3/c1-10(11-4-2-8-22-11)16-13(20)6-7-19-14(17-18-15(19)21)12-5-3-9-23-12/h2-5,8-10H,6-7H2,1H3,(H,16,20)(H,18,21). The molecule has 0 spiro atoms. The molecule has 0 fully saturated rings. The van der Waals surface area contributed by atoms with E-state index >= 15 is 0 Å². The number of H-pyrrole nitrogens is 1. The smallest absolute Gasteiger partial charge is 0.222 e. The van der Waals surface area contributed by atoms with Crippen LogP contribution in [0.2, 0.25) is 0 Å². The minimum Gasteiger partial charge on any atom is -0.349 e. The van der Waals surface area contributed by atoms with Crippen molar-refractivity contribution in [1.82, 2.24) is 20.1 Å². The van der Waals surface area contributed by atoms with E-state index in [2.05, 4.69) is 15.5 Å². The Hall–Kier alpha value is -1.77. The summed E-state index contributed by atoms with van der Waals surface area (Å²) in [7, 11) is 0. The zero-order chi connectivity index (χ0) is 16.2. The number of hydrogen-bond acceptors (Lipinski definition) is 5. The first-order valence-corrected chi connectivity index (χ1v) is 9.34. The van der Waals surface area contributed by atoms with Gasteiger partial charge in [0.05, 0.1) is 10.9 Å². The van der Waals surface area contributed by atoms with Crippen molar-refractivity contribution in [2.45, 2.75) is 25.9 Å². The van der Waals surface area contributed by atoms with Crippen molar-refractivity contribution < 1.29 is 4.79 Å². The van der Waals surface area contributed by atoms with Gasteiger partial charge in [-0.15, -0.1) is 22.7 Å². The molecule has 3 rings (SSSR count). The molecule has 0 aliphatic heterocycles. The van der Waals surface area contributed by atoms with Gasteiger partial charge in [0.1, 0.15) is 0 Å². The normalized spacial score (nSPS) is 12.2. The van der Waals surface area contributed by atoms with Gasteiger partial charge in [-0.25, -0.2) is 0 Å². The van der Waals surface area contributed by atoms with E-state index in [0.29, 0.717) is 17.7 Å². The molecule has 1 unspecified atom stereocenters. The number of nitrogens with one attached hydrogen (secondary N) is 2.